The van der Waals surface area contributed by atoms with Crippen LogP contribution in [0.2, 0.25) is 0 Å². The zero-order valence-corrected chi connectivity index (χ0v) is 57.6. The number of furan rings is 2. The molecule has 0 spiro atoms. The maximum absolute atomic E-state index is 6.33. The number of hydrogen-bond donors (Lipinski definition) is 0. The molecule has 0 fully saturated rings. The van der Waals surface area contributed by atoms with Crippen LogP contribution in [0.4, 0.5) is 0 Å². The Labute approximate surface area is 615 Å². The molecule has 12 heteroatoms. The van der Waals surface area contributed by atoms with Gasteiger partial charge in [-0.15, -0.1) is 0 Å². The van der Waals surface area contributed by atoms with Gasteiger partial charge in [-0.1, -0.05) is 285 Å². The van der Waals surface area contributed by atoms with E-state index in [1.165, 1.54) is 21.5 Å². The third-order valence-electron chi connectivity index (χ3n) is 21.1. The number of nitrogens with zero attached hydrogens (tertiary/aromatic N) is 10. The van der Waals surface area contributed by atoms with Gasteiger partial charge in [0.15, 0.2) is 46.1 Å². The van der Waals surface area contributed by atoms with Crippen molar-refractivity contribution in [2.75, 3.05) is 0 Å². The van der Waals surface area contributed by atoms with E-state index in [1.54, 1.807) is 0 Å². The van der Waals surface area contributed by atoms with Gasteiger partial charge in [-0.25, -0.2) is 39.9 Å². The fourth-order valence-electron chi connectivity index (χ4n) is 16.0. The van der Waals surface area contributed by atoms with Crippen LogP contribution >= 0.6 is 0 Å². The van der Waals surface area contributed by atoms with Gasteiger partial charge in [-0.3, -0.25) is 8.80 Å². The van der Waals surface area contributed by atoms with Gasteiger partial charge >= 0.3 is 0 Å². The highest BCUT2D eigenvalue weighted by Crippen LogP contribution is 2.44. The zero-order chi connectivity index (χ0) is 70.9. The summed E-state index contributed by atoms with van der Waals surface area (Å²) in [5, 5.41) is 15.7. The fourth-order valence-corrected chi connectivity index (χ4v) is 16.0. The molecular weight excluding hydrogens is 1330 g/mol. The molecule has 0 aliphatic rings. The summed E-state index contributed by atoms with van der Waals surface area (Å²) < 4.78 is 17.0. The van der Waals surface area contributed by atoms with E-state index >= 15 is 0 Å². The van der Waals surface area contributed by atoms with E-state index in [0.29, 0.717) is 34.9 Å². The Morgan fingerprint density at radius 1 is 0.185 bits per heavy atom. The molecule has 23 rings (SSSR count). The maximum atomic E-state index is 6.33. The Bertz CT molecular complexity index is 7490. The molecule has 0 aliphatic heterocycles. The molecule has 8 aromatic heterocycles. The summed E-state index contributed by atoms with van der Waals surface area (Å²) in [6.07, 6.45) is 4.19. The van der Waals surface area contributed by atoms with Crippen LogP contribution in [0.5, 0.6) is 0 Å². The number of hydrogen-bond acceptors (Lipinski definition) is 10. The number of benzene rings is 15. The van der Waals surface area contributed by atoms with Gasteiger partial charge in [-0.05, 0) is 97.0 Å². The Kier molecular flexibility index (Phi) is 13.7. The van der Waals surface area contributed by atoms with Crippen molar-refractivity contribution >= 4 is 131 Å². The lowest BCUT2D eigenvalue weighted by atomic mass is 9.92. The van der Waals surface area contributed by atoms with Crippen LogP contribution in [0.15, 0.2) is 349 Å². The molecule has 0 bridgehead atoms. The summed E-state index contributed by atoms with van der Waals surface area (Å²) in [5.41, 5.74) is 19.5. The second-order valence-electron chi connectivity index (χ2n) is 27.3. The Morgan fingerprint density at radius 3 is 0.954 bits per heavy atom. The number of fused-ring (bicyclic) bond motifs is 23. The molecule has 0 saturated heterocycles. The number of para-hydroxylation sites is 2. The van der Waals surface area contributed by atoms with Crippen molar-refractivity contribution in [2.45, 2.75) is 0 Å². The molecule has 15 aromatic carbocycles. The van der Waals surface area contributed by atoms with E-state index in [1.807, 2.05) is 152 Å². The van der Waals surface area contributed by atoms with Gasteiger partial charge in [-0.2, -0.15) is 0 Å². The van der Waals surface area contributed by atoms with E-state index in [0.717, 1.165) is 165 Å². The average Bonchev–Trinajstić information content (AvgIpc) is 1.60. The predicted molar refractivity (Wildman–Crippen MR) is 438 cm³/mol. The van der Waals surface area contributed by atoms with Crippen molar-refractivity contribution in [3.05, 3.63) is 340 Å². The van der Waals surface area contributed by atoms with Crippen molar-refractivity contribution in [1.29, 1.82) is 0 Å². The summed E-state index contributed by atoms with van der Waals surface area (Å²) >= 11 is 0. The van der Waals surface area contributed by atoms with Crippen LogP contribution in [0, 0.1) is 0 Å². The smallest absolute Gasteiger partial charge is 0.164 e. The minimum Gasteiger partial charge on any atom is -0.455 e. The second-order valence-corrected chi connectivity index (χ2v) is 27.3. The van der Waals surface area contributed by atoms with Crippen molar-refractivity contribution < 1.29 is 8.83 Å². The highest BCUT2D eigenvalue weighted by molar-refractivity contribution is 6.27. The van der Waals surface area contributed by atoms with E-state index in [9.17, 15) is 0 Å². The molecule has 8 heterocycles. The number of imidazole rings is 2. The molecule has 0 saturated carbocycles. The van der Waals surface area contributed by atoms with Gasteiger partial charge in [0.25, 0.3) is 0 Å². The summed E-state index contributed by atoms with van der Waals surface area (Å²) in [6, 6.07) is 113. The first-order chi connectivity index (χ1) is 53.5. The van der Waals surface area contributed by atoms with E-state index in [-0.39, 0.29) is 0 Å². The highest BCUT2D eigenvalue weighted by Gasteiger charge is 2.23. The van der Waals surface area contributed by atoms with Crippen LogP contribution in [-0.4, -0.2) is 48.7 Å². The second kappa shape index (κ2) is 24.4. The Morgan fingerprint density at radius 2 is 0.509 bits per heavy atom. The standard InChI is InChI=1S/C50H29N5O.C46H27N5O/c1-3-13-30(14-4-1)48-52-49(31-15-5-2-6-16-31)54-50(53-48)40-26-25-33(34-17-7-8-18-35(34)40)32-23-24-39-41(27-32)36-19-9-10-21-38(36)46-47(39)55-29-44-42(28-45(55)51-46)37-20-11-12-22-43(37)56-44;1-3-11-29(12-4-1)44-48-45(30-13-5-2-6-14-30)50-46(49-44)31-21-19-28(20-22-31)32-23-24-36-37(25-32)33-15-7-8-17-35(33)42-43(36)51-27-40-38(26-41(51)47-42)34-16-9-10-18-39(34)52-40/h1-29H;1-27H. The lowest BCUT2D eigenvalue weighted by molar-refractivity contribution is 0.666. The number of rotatable bonds is 8. The largest absolute Gasteiger partial charge is 0.455 e. The monoisotopic (exact) mass is 1380 g/mol. The lowest BCUT2D eigenvalue weighted by Gasteiger charge is -2.14. The number of pyridine rings is 2. The third-order valence-corrected chi connectivity index (χ3v) is 21.1. The molecule has 0 atom stereocenters. The van der Waals surface area contributed by atoms with E-state index in [2.05, 4.69) is 197 Å². The van der Waals surface area contributed by atoms with Gasteiger partial charge in [0.05, 0.1) is 34.5 Å². The van der Waals surface area contributed by atoms with Crippen molar-refractivity contribution in [3.8, 4) is 90.6 Å². The minimum absolute atomic E-state index is 0.636. The van der Waals surface area contributed by atoms with Gasteiger partial charge < -0.3 is 8.83 Å². The SMILES string of the molecule is c1ccc(-c2nc(-c3ccccc3)nc(-c3ccc(-c4ccc5c(c4)c4ccccc4c4nc6cc7c(cn6c54)oc4ccccc47)c4ccccc34)n2)cc1.c1ccc(-c2nc(-c3ccccc3)nc(-c3ccc(-c4ccc5c(c4)c4ccccc4c4nc6cc7c(cn6c54)oc4ccccc47)cc3)n2)cc1. The van der Waals surface area contributed by atoms with Crippen LogP contribution in [0.25, 0.3) is 222 Å². The average molecular weight is 1380 g/mol. The predicted octanol–water partition coefficient (Wildman–Crippen LogP) is 24.2. The molecule has 23 aromatic rings. The fraction of sp³-hybridized carbons (Fsp3) is 0. The van der Waals surface area contributed by atoms with Crippen molar-refractivity contribution in [3.63, 3.8) is 0 Å². The van der Waals surface area contributed by atoms with Crippen LogP contribution in [0.1, 0.15) is 0 Å². The molecule has 0 amide bonds. The normalized spacial score (nSPS) is 11.9. The maximum Gasteiger partial charge on any atom is 0.164 e. The number of aromatic nitrogens is 10. The van der Waals surface area contributed by atoms with Crippen LogP contribution in [-0.2, 0) is 0 Å². The van der Waals surface area contributed by atoms with E-state index < -0.39 is 0 Å². The molecule has 108 heavy (non-hydrogen) atoms. The first-order valence-electron chi connectivity index (χ1n) is 36.0. The van der Waals surface area contributed by atoms with Crippen molar-refractivity contribution in [2.24, 2.45) is 0 Å². The first kappa shape index (κ1) is 60.7. The molecule has 0 aliphatic carbocycles. The topological polar surface area (TPSA) is 138 Å². The van der Waals surface area contributed by atoms with Gasteiger partial charge in [0.2, 0.25) is 0 Å². The molecular formula is C96H56N10O2. The van der Waals surface area contributed by atoms with Crippen LogP contribution < -0.4 is 0 Å². The summed E-state index contributed by atoms with van der Waals surface area (Å²) in [7, 11) is 0. The zero-order valence-electron chi connectivity index (χ0n) is 57.6. The van der Waals surface area contributed by atoms with E-state index in [4.69, 9.17) is 48.7 Å². The lowest BCUT2D eigenvalue weighted by Crippen LogP contribution is -2.00. The van der Waals surface area contributed by atoms with Crippen molar-refractivity contribution in [1.82, 2.24) is 48.7 Å². The molecule has 502 valence electrons. The summed E-state index contributed by atoms with van der Waals surface area (Å²) in [5.74, 6) is 3.85. The highest BCUT2D eigenvalue weighted by atomic mass is 16.3. The summed E-state index contributed by atoms with van der Waals surface area (Å²) in [6.45, 7) is 0. The first-order valence-corrected chi connectivity index (χ1v) is 36.0. The molecule has 0 N–H and O–H groups in total. The Balaban J connectivity index is 0.000000134. The van der Waals surface area contributed by atoms with Gasteiger partial charge in [0.1, 0.15) is 22.5 Å². The molecule has 0 radical (unpaired) electrons. The third kappa shape index (κ3) is 9.92. The van der Waals surface area contributed by atoms with Gasteiger partial charge in [0, 0.05) is 76.5 Å². The molecule has 0 unspecified atom stereocenters. The summed E-state index contributed by atoms with van der Waals surface area (Å²) in [4.78, 5) is 40.2. The quantitative estimate of drug-likeness (QED) is 0.135. The van der Waals surface area contributed by atoms with Crippen LogP contribution in [0.3, 0.4) is 0 Å². The minimum atomic E-state index is 0.636. The Hall–Kier alpha value is -14.9. The molecule has 12 nitrogen and oxygen atoms in total.